The number of nitrogens with zero attached hydrogens (tertiary/aromatic N) is 1. The van der Waals surface area contributed by atoms with E-state index in [-0.39, 0.29) is 0 Å². The first-order chi connectivity index (χ1) is 13.2. The Morgan fingerprint density at radius 3 is 0.903 bits per heavy atom. The summed E-state index contributed by atoms with van der Waals surface area (Å²) >= 11 is 0. The van der Waals surface area contributed by atoms with Crippen LogP contribution in [0.4, 0.5) is 61.5 Å². The molecule has 0 aromatic rings. The van der Waals surface area contributed by atoms with Crippen LogP contribution in [0.15, 0.2) is 0 Å². The van der Waals surface area contributed by atoms with Gasteiger partial charge in [-0.1, -0.05) is 0 Å². The maximum atomic E-state index is 12.7. The van der Waals surface area contributed by atoms with Crippen molar-refractivity contribution in [2.75, 3.05) is 26.7 Å². The Morgan fingerprint density at radius 1 is 0.613 bits per heavy atom. The van der Waals surface area contributed by atoms with Crippen LogP contribution in [0, 0.1) is 0 Å². The molecule has 0 saturated carbocycles. The molecule has 0 N–H and O–H groups in total. The van der Waals surface area contributed by atoms with Crippen LogP contribution in [0.5, 0.6) is 0 Å². The Bertz CT molecular complexity index is 589. The van der Waals surface area contributed by atoms with Crippen molar-refractivity contribution < 1.29 is 75.4 Å². The van der Waals surface area contributed by atoms with Gasteiger partial charge >= 0.3 is 35.5 Å². The molecule has 0 amide bonds. The lowest BCUT2D eigenvalue weighted by molar-refractivity contribution is -0.904. The van der Waals surface area contributed by atoms with Crippen LogP contribution in [-0.4, -0.2) is 66.7 Å². The van der Waals surface area contributed by atoms with Crippen molar-refractivity contribution >= 4 is 7.37 Å². The molecule has 0 atom stereocenters. The van der Waals surface area contributed by atoms with Crippen molar-refractivity contribution in [1.82, 2.24) is 0 Å². The van der Waals surface area contributed by atoms with Crippen molar-refractivity contribution in [2.45, 2.75) is 56.3 Å². The summed E-state index contributed by atoms with van der Waals surface area (Å²) in [6.07, 6.45) is -15.1. The molecule has 0 rings (SSSR count). The Hall–Kier alpha value is -0.830. The molecular formula is C13H18F14NO2P. The van der Waals surface area contributed by atoms with E-state index in [0.29, 0.717) is 0 Å². The normalized spacial score (nSPS) is 15.5. The topological polar surface area (TPSA) is 40.1 Å². The summed E-state index contributed by atoms with van der Waals surface area (Å²) in [5.74, 6) is -15.7. The first-order valence-electron chi connectivity index (χ1n) is 7.98. The number of rotatable bonds is 7. The molecule has 0 fully saturated rings. The highest BCUT2D eigenvalue weighted by atomic mass is 31.2. The van der Waals surface area contributed by atoms with Gasteiger partial charge in [-0.05, 0) is 20.8 Å². The van der Waals surface area contributed by atoms with Crippen LogP contribution in [0.3, 0.4) is 0 Å². The average Bonchev–Trinajstić information content (AvgIpc) is 2.58. The number of hydrogen-bond acceptors (Lipinski definition) is 2. The molecule has 0 aliphatic carbocycles. The van der Waals surface area contributed by atoms with Gasteiger partial charge in [0.2, 0.25) is 0 Å². The summed E-state index contributed by atoms with van der Waals surface area (Å²) < 4.78 is 181. The van der Waals surface area contributed by atoms with Crippen LogP contribution < -0.4 is 4.89 Å². The van der Waals surface area contributed by atoms with Crippen LogP contribution in [0.1, 0.15) is 20.8 Å². The van der Waals surface area contributed by atoms with Crippen molar-refractivity contribution in [2.24, 2.45) is 0 Å². The number of hydrogen-bond donors (Lipinski definition) is 0. The van der Waals surface area contributed by atoms with E-state index < -0.39 is 42.9 Å². The van der Waals surface area contributed by atoms with E-state index in [1.54, 1.807) is 0 Å². The highest BCUT2D eigenvalue weighted by Gasteiger charge is 2.86. The summed E-state index contributed by atoms with van der Waals surface area (Å²) in [4.78, 5) is 10.4. The SMILES string of the molecule is CC[N+](C)(CC)CC.O=P([O-])(C(F)(F)C(F)(F)C(F)(F)F)C(F)(F)C(F)(F)C(F)(F)F. The molecule has 190 valence electrons. The Morgan fingerprint density at radius 2 is 0.806 bits per heavy atom. The van der Waals surface area contributed by atoms with Gasteiger partial charge in [0, 0.05) is 0 Å². The fourth-order valence-electron chi connectivity index (χ4n) is 1.56. The summed E-state index contributed by atoms with van der Waals surface area (Å²) in [6.45, 7) is 10.5. The third-order valence-corrected chi connectivity index (χ3v) is 6.54. The molecule has 18 heteroatoms. The Labute approximate surface area is 167 Å². The fourth-order valence-corrected chi connectivity index (χ4v) is 2.90. The lowest BCUT2D eigenvalue weighted by atomic mass is 10.3. The molecule has 0 bridgehead atoms. The number of quaternary nitrogens is 1. The third-order valence-electron chi connectivity index (χ3n) is 4.50. The van der Waals surface area contributed by atoms with E-state index in [2.05, 4.69) is 27.8 Å². The summed E-state index contributed by atoms with van der Waals surface area (Å²) in [5, 5.41) is 0. The minimum atomic E-state index is -9.39. The minimum absolute atomic E-state index is 1.21. The van der Waals surface area contributed by atoms with E-state index >= 15 is 0 Å². The average molecular weight is 517 g/mol. The molecule has 0 aromatic carbocycles. The van der Waals surface area contributed by atoms with E-state index in [1.807, 2.05) is 0 Å². The number of alkyl halides is 14. The summed E-state index contributed by atoms with van der Waals surface area (Å²) in [6, 6.07) is 0. The first-order valence-corrected chi connectivity index (χ1v) is 9.60. The van der Waals surface area contributed by atoms with Crippen LogP contribution in [-0.2, 0) is 4.57 Å². The Balaban J connectivity index is 0. The van der Waals surface area contributed by atoms with E-state index in [1.165, 1.54) is 24.1 Å². The highest BCUT2D eigenvalue weighted by Crippen LogP contribution is 2.74. The zero-order chi connectivity index (χ0) is 26.1. The molecule has 0 unspecified atom stereocenters. The summed E-state index contributed by atoms with van der Waals surface area (Å²) in [5.41, 5.74) is -16.0. The lowest BCUT2D eigenvalue weighted by Crippen LogP contribution is -2.61. The standard InChI is InChI=1S/C7H18N.C6HF14O2P/c1-5-8(4,6-2)7-3;7-1(8,3(11,12)13)5(17,18)23(21,22)6(19,20)2(9,10)4(14,15)16/h5-7H2,1-4H3;(H,21,22)/q+1;/p-1. The molecule has 0 aliphatic rings. The van der Waals surface area contributed by atoms with Gasteiger partial charge in [-0.2, -0.15) is 61.5 Å². The third kappa shape index (κ3) is 5.57. The van der Waals surface area contributed by atoms with Gasteiger partial charge in [0.05, 0.1) is 26.7 Å². The molecule has 0 radical (unpaired) electrons. The second-order valence-electron chi connectivity index (χ2n) is 6.35. The molecule has 31 heavy (non-hydrogen) atoms. The smallest absolute Gasteiger partial charge is 0.460 e. The van der Waals surface area contributed by atoms with Crippen molar-refractivity contribution in [3.8, 4) is 0 Å². The van der Waals surface area contributed by atoms with Gasteiger partial charge < -0.3 is 13.9 Å². The van der Waals surface area contributed by atoms with E-state index in [4.69, 9.17) is 0 Å². The molecule has 0 heterocycles. The van der Waals surface area contributed by atoms with Crippen LogP contribution >= 0.6 is 7.37 Å². The molecule has 0 spiro atoms. The van der Waals surface area contributed by atoms with Crippen LogP contribution in [0.2, 0.25) is 0 Å². The van der Waals surface area contributed by atoms with Crippen molar-refractivity contribution in [3.05, 3.63) is 0 Å². The predicted molar refractivity (Wildman–Crippen MR) is 77.3 cm³/mol. The first kappa shape index (κ1) is 32.4. The quantitative estimate of drug-likeness (QED) is 0.247. The van der Waals surface area contributed by atoms with E-state index in [0.717, 1.165) is 0 Å². The molecular weight excluding hydrogens is 499 g/mol. The lowest BCUT2D eigenvalue weighted by Gasteiger charge is -2.43. The van der Waals surface area contributed by atoms with Crippen molar-refractivity contribution in [3.63, 3.8) is 0 Å². The van der Waals surface area contributed by atoms with Gasteiger partial charge in [0.25, 0.3) is 0 Å². The second-order valence-corrected chi connectivity index (χ2v) is 8.57. The van der Waals surface area contributed by atoms with Crippen molar-refractivity contribution in [1.29, 1.82) is 0 Å². The maximum absolute atomic E-state index is 12.7. The molecule has 3 nitrogen and oxygen atoms in total. The van der Waals surface area contributed by atoms with Gasteiger partial charge in [-0.25, -0.2) is 0 Å². The largest absolute Gasteiger partial charge is 0.791 e. The zero-order valence-corrected chi connectivity index (χ0v) is 17.0. The second kappa shape index (κ2) is 9.20. The van der Waals surface area contributed by atoms with Gasteiger partial charge in [-0.15, -0.1) is 0 Å². The zero-order valence-electron chi connectivity index (χ0n) is 16.1. The number of halogens is 14. The minimum Gasteiger partial charge on any atom is -0.791 e. The monoisotopic (exact) mass is 517 g/mol. The predicted octanol–water partition coefficient (Wildman–Crippen LogP) is 5.70. The van der Waals surface area contributed by atoms with E-state index in [9.17, 15) is 70.9 Å². The van der Waals surface area contributed by atoms with Gasteiger partial charge in [-0.3, -0.25) is 0 Å². The molecule has 0 aromatic heterocycles. The van der Waals surface area contributed by atoms with Crippen LogP contribution in [0.25, 0.3) is 0 Å². The summed E-state index contributed by atoms with van der Waals surface area (Å²) in [7, 11) is -7.10. The fraction of sp³-hybridized carbons (Fsp3) is 1.00. The highest BCUT2D eigenvalue weighted by molar-refractivity contribution is 7.59. The van der Waals surface area contributed by atoms with Gasteiger partial charge in [0.1, 0.15) is 0 Å². The van der Waals surface area contributed by atoms with Gasteiger partial charge in [0.15, 0.2) is 7.37 Å². The maximum Gasteiger partial charge on any atom is 0.460 e. The molecule has 0 saturated heterocycles. The molecule has 0 aliphatic heterocycles. The Kier molecular flexibility index (Phi) is 9.60.